The van der Waals surface area contributed by atoms with E-state index in [1.54, 1.807) is 24.3 Å². The third-order valence-electron chi connectivity index (χ3n) is 2.94. The molecular formula is C13H13Cl2NO2. The molecule has 1 aliphatic heterocycles. The Labute approximate surface area is 116 Å². The fourth-order valence-electron chi connectivity index (χ4n) is 1.99. The van der Waals surface area contributed by atoms with Gasteiger partial charge in [0.2, 0.25) is 0 Å². The van der Waals surface area contributed by atoms with Gasteiger partial charge < -0.3 is 0 Å². The first-order valence-electron chi connectivity index (χ1n) is 5.80. The monoisotopic (exact) mass is 285 g/mol. The first-order valence-corrected chi connectivity index (χ1v) is 6.77. The van der Waals surface area contributed by atoms with E-state index in [0.29, 0.717) is 36.4 Å². The van der Waals surface area contributed by atoms with Gasteiger partial charge in [-0.1, -0.05) is 12.1 Å². The minimum absolute atomic E-state index is 0.109. The maximum Gasteiger partial charge on any atom is 0.261 e. The van der Waals surface area contributed by atoms with Crippen molar-refractivity contribution in [3.05, 3.63) is 35.4 Å². The number of imide groups is 1. The largest absolute Gasteiger partial charge is 0.274 e. The highest BCUT2D eigenvalue weighted by molar-refractivity contribution is 6.28. The van der Waals surface area contributed by atoms with E-state index in [4.69, 9.17) is 23.2 Å². The Hall–Kier alpha value is -1.06. The first-order chi connectivity index (χ1) is 8.65. The molecule has 1 unspecified atom stereocenters. The van der Waals surface area contributed by atoms with Gasteiger partial charge in [0.1, 0.15) is 0 Å². The van der Waals surface area contributed by atoms with Crippen molar-refractivity contribution in [1.29, 1.82) is 0 Å². The van der Waals surface area contributed by atoms with E-state index in [9.17, 15) is 9.59 Å². The molecule has 0 spiro atoms. The molecule has 0 radical (unpaired) electrons. The molecule has 96 valence electrons. The molecule has 0 saturated carbocycles. The van der Waals surface area contributed by atoms with Crippen molar-refractivity contribution < 1.29 is 9.59 Å². The molecule has 0 aromatic heterocycles. The van der Waals surface area contributed by atoms with Crippen LogP contribution in [0.25, 0.3) is 0 Å². The second-order valence-corrected chi connectivity index (χ2v) is 5.13. The summed E-state index contributed by atoms with van der Waals surface area (Å²) in [7, 11) is 0. The molecule has 0 fully saturated rings. The van der Waals surface area contributed by atoms with Crippen molar-refractivity contribution in [3.8, 4) is 0 Å². The van der Waals surface area contributed by atoms with Crippen LogP contribution in [-0.4, -0.2) is 34.5 Å². The van der Waals surface area contributed by atoms with Gasteiger partial charge in [0, 0.05) is 17.8 Å². The Kier molecular flexibility index (Phi) is 4.25. The maximum absolute atomic E-state index is 12.0. The number of hydrogen-bond acceptors (Lipinski definition) is 2. The molecule has 1 aliphatic rings. The summed E-state index contributed by atoms with van der Waals surface area (Å²) in [5.74, 6) is -0.0517. The molecule has 5 heteroatoms. The number of nitrogens with zero attached hydrogens (tertiary/aromatic N) is 1. The molecule has 18 heavy (non-hydrogen) atoms. The molecule has 0 bridgehead atoms. The Morgan fingerprint density at radius 1 is 1.11 bits per heavy atom. The van der Waals surface area contributed by atoms with Crippen LogP contribution >= 0.6 is 23.2 Å². The van der Waals surface area contributed by atoms with Gasteiger partial charge in [0.25, 0.3) is 11.8 Å². The lowest BCUT2D eigenvalue weighted by molar-refractivity contribution is 0.0652. The fraction of sp³-hybridized carbons (Fsp3) is 0.385. The van der Waals surface area contributed by atoms with Crippen LogP contribution < -0.4 is 0 Å². The number of amides is 2. The molecular weight excluding hydrogens is 273 g/mol. The number of benzene rings is 1. The first kappa shape index (κ1) is 13.4. The Morgan fingerprint density at radius 3 is 2.17 bits per heavy atom. The highest BCUT2D eigenvalue weighted by atomic mass is 35.5. The smallest absolute Gasteiger partial charge is 0.261 e. The normalized spacial score (nSPS) is 16.0. The average Bonchev–Trinajstić information content (AvgIpc) is 2.64. The number of hydrogen-bond donors (Lipinski definition) is 0. The Bertz CT molecular complexity index is 441. The summed E-state index contributed by atoms with van der Waals surface area (Å²) in [6.45, 7) is 0.395. The van der Waals surface area contributed by atoms with E-state index >= 15 is 0 Å². The zero-order valence-corrected chi connectivity index (χ0v) is 11.2. The van der Waals surface area contributed by atoms with Crippen LogP contribution in [0.3, 0.4) is 0 Å². The lowest BCUT2D eigenvalue weighted by Gasteiger charge is -2.14. The van der Waals surface area contributed by atoms with E-state index in [2.05, 4.69) is 0 Å². The summed E-state index contributed by atoms with van der Waals surface area (Å²) < 4.78 is 0. The summed E-state index contributed by atoms with van der Waals surface area (Å²) in [5.41, 5.74) is 0.976. The van der Waals surface area contributed by atoms with Crippen molar-refractivity contribution in [2.75, 3.05) is 12.4 Å². The standard InChI is InChI=1S/C13H13Cl2NO2/c14-8-9(15)4-3-7-16-12(17)10-5-1-2-6-11(10)13(16)18/h1-2,5-6,9H,3-4,7-8H2. The topological polar surface area (TPSA) is 37.4 Å². The van der Waals surface area contributed by atoms with Crippen molar-refractivity contribution in [2.45, 2.75) is 18.2 Å². The van der Waals surface area contributed by atoms with Crippen LogP contribution in [0.5, 0.6) is 0 Å². The molecule has 1 heterocycles. The van der Waals surface area contributed by atoms with Crippen LogP contribution in [0.15, 0.2) is 24.3 Å². The second-order valence-electron chi connectivity index (χ2n) is 4.20. The predicted octanol–water partition coefficient (Wildman–Crippen LogP) is 2.91. The number of rotatable bonds is 5. The van der Waals surface area contributed by atoms with Gasteiger partial charge in [0.15, 0.2) is 0 Å². The maximum atomic E-state index is 12.0. The zero-order chi connectivity index (χ0) is 13.1. The third kappa shape index (κ3) is 2.52. The van der Waals surface area contributed by atoms with Gasteiger partial charge in [-0.2, -0.15) is 0 Å². The van der Waals surface area contributed by atoms with E-state index in [1.807, 2.05) is 0 Å². The second kappa shape index (κ2) is 5.72. The summed E-state index contributed by atoms with van der Waals surface area (Å²) in [6, 6.07) is 6.88. The molecule has 2 amide bonds. The number of carbonyl (C=O) groups is 2. The van der Waals surface area contributed by atoms with E-state index in [0.717, 1.165) is 0 Å². The lowest BCUT2D eigenvalue weighted by Crippen LogP contribution is -2.31. The summed E-state index contributed by atoms with van der Waals surface area (Å²) in [5, 5.41) is -0.109. The number of halogens is 2. The number of fused-ring (bicyclic) bond motifs is 1. The molecule has 2 rings (SSSR count). The van der Waals surface area contributed by atoms with E-state index in [-0.39, 0.29) is 17.2 Å². The Balaban J connectivity index is 2.01. The van der Waals surface area contributed by atoms with Crippen LogP contribution in [0.4, 0.5) is 0 Å². The fourth-order valence-corrected chi connectivity index (χ4v) is 2.30. The summed E-state index contributed by atoms with van der Waals surface area (Å²) in [4.78, 5) is 25.3. The molecule has 3 nitrogen and oxygen atoms in total. The highest BCUT2D eigenvalue weighted by Crippen LogP contribution is 2.23. The van der Waals surface area contributed by atoms with Gasteiger partial charge in [-0.3, -0.25) is 14.5 Å². The van der Waals surface area contributed by atoms with E-state index < -0.39 is 0 Å². The molecule has 0 saturated heterocycles. The van der Waals surface area contributed by atoms with Crippen molar-refractivity contribution in [1.82, 2.24) is 4.90 Å². The molecule has 1 aromatic rings. The summed E-state index contributed by atoms with van der Waals surface area (Å²) in [6.07, 6.45) is 1.37. The minimum atomic E-state index is -0.215. The van der Waals surface area contributed by atoms with Crippen molar-refractivity contribution in [2.24, 2.45) is 0 Å². The van der Waals surface area contributed by atoms with Gasteiger partial charge in [0.05, 0.1) is 11.1 Å². The molecule has 1 aromatic carbocycles. The SMILES string of the molecule is O=C1c2ccccc2C(=O)N1CCCC(Cl)CCl. The number of alkyl halides is 2. The van der Waals surface area contributed by atoms with Crippen molar-refractivity contribution in [3.63, 3.8) is 0 Å². The number of carbonyl (C=O) groups excluding carboxylic acids is 2. The molecule has 1 atom stereocenters. The van der Waals surface area contributed by atoms with Gasteiger partial charge in [-0.05, 0) is 25.0 Å². The van der Waals surface area contributed by atoms with E-state index in [1.165, 1.54) is 4.90 Å². The minimum Gasteiger partial charge on any atom is -0.274 e. The third-order valence-corrected chi connectivity index (χ3v) is 3.85. The van der Waals surface area contributed by atoms with Crippen LogP contribution in [0.1, 0.15) is 33.6 Å². The molecule has 0 N–H and O–H groups in total. The quantitative estimate of drug-likeness (QED) is 0.616. The summed E-state index contributed by atoms with van der Waals surface area (Å²) >= 11 is 11.5. The van der Waals surface area contributed by atoms with Crippen molar-refractivity contribution >= 4 is 35.0 Å². The van der Waals surface area contributed by atoms with Gasteiger partial charge >= 0.3 is 0 Å². The van der Waals surface area contributed by atoms with Crippen LogP contribution in [0, 0.1) is 0 Å². The predicted molar refractivity (Wildman–Crippen MR) is 71.4 cm³/mol. The Morgan fingerprint density at radius 2 is 1.67 bits per heavy atom. The molecule has 0 aliphatic carbocycles. The average molecular weight is 286 g/mol. The lowest BCUT2D eigenvalue weighted by atomic mass is 10.1. The van der Waals surface area contributed by atoms with Gasteiger partial charge in [-0.25, -0.2) is 0 Å². The zero-order valence-electron chi connectivity index (χ0n) is 9.73. The van der Waals surface area contributed by atoms with Gasteiger partial charge in [-0.15, -0.1) is 23.2 Å². The van der Waals surface area contributed by atoms with Crippen LogP contribution in [-0.2, 0) is 0 Å². The van der Waals surface area contributed by atoms with Crippen LogP contribution in [0.2, 0.25) is 0 Å². The highest BCUT2D eigenvalue weighted by Gasteiger charge is 2.34.